The Labute approximate surface area is 171 Å². The molecular weight excluding hydrogens is 366 g/mol. The Morgan fingerprint density at radius 3 is 2.90 bits per heavy atom. The molecule has 3 aliphatic heterocycles. The zero-order chi connectivity index (χ0) is 19.6. The van der Waals surface area contributed by atoms with Crippen LogP contribution in [0.2, 0.25) is 0 Å². The molecule has 0 radical (unpaired) electrons. The zero-order valence-electron chi connectivity index (χ0n) is 16.6. The van der Waals surface area contributed by atoms with Crippen LogP contribution in [0.15, 0.2) is 36.4 Å². The van der Waals surface area contributed by atoms with Gasteiger partial charge in [-0.3, -0.25) is 0 Å². The number of pyridine rings is 1. The summed E-state index contributed by atoms with van der Waals surface area (Å²) in [5.74, 6) is 1.93. The quantitative estimate of drug-likeness (QED) is 0.818. The van der Waals surface area contributed by atoms with Gasteiger partial charge in [-0.15, -0.1) is 0 Å². The van der Waals surface area contributed by atoms with Crippen molar-refractivity contribution in [3.8, 4) is 5.75 Å². The van der Waals surface area contributed by atoms with Crippen LogP contribution in [0.1, 0.15) is 29.3 Å². The topological polar surface area (TPSA) is 69.7 Å². The van der Waals surface area contributed by atoms with E-state index in [9.17, 15) is 4.79 Å². The van der Waals surface area contributed by atoms with E-state index in [1.165, 1.54) is 0 Å². The summed E-state index contributed by atoms with van der Waals surface area (Å²) in [7, 11) is 0. The van der Waals surface area contributed by atoms with E-state index in [0.717, 1.165) is 67.4 Å². The van der Waals surface area contributed by atoms with Gasteiger partial charge < -0.3 is 25.2 Å². The number of nitrogens with one attached hydrogen (secondary N) is 2. The van der Waals surface area contributed by atoms with Crippen molar-refractivity contribution in [3.63, 3.8) is 0 Å². The number of amides is 2. The summed E-state index contributed by atoms with van der Waals surface area (Å²) >= 11 is 0. The fourth-order valence-electron chi connectivity index (χ4n) is 4.38. The van der Waals surface area contributed by atoms with E-state index in [2.05, 4.69) is 27.7 Å². The molecule has 0 bridgehead atoms. The standard InChI is InChI=1S/C22H27N5O2/c28-22(25-19-8-14-29-20-4-2-1-3-17(19)20)27-11-7-18-16(15-27)5-6-21(24-18)26-12-9-23-10-13-26/h1-6,19,23H,7-15H2,(H,25,28). The molecule has 1 aromatic heterocycles. The molecule has 2 aromatic rings. The van der Waals surface area contributed by atoms with Crippen LogP contribution in [0.4, 0.5) is 10.6 Å². The van der Waals surface area contributed by atoms with Crippen LogP contribution in [0.3, 0.4) is 0 Å². The molecule has 1 atom stereocenters. The molecule has 2 amide bonds. The lowest BCUT2D eigenvalue weighted by molar-refractivity contribution is 0.181. The normalized spacial score (nSPS) is 21.0. The second kappa shape index (κ2) is 7.91. The van der Waals surface area contributed by atoms with Gasteiger partial charge in [0.15, 0.2) is 0 Å². The van der Waals surface area contributed by atoms with Gasteiger partial charge in [-0.25, -0.2) is 9.78 Å². The molecule has 152 valence electrons. The summed E-state index contributed by atoms with van der Waals surface area (Å²) in [5.41, 5.74) is 3.34. The first-order valence-corrected chi connectivity index (χ1v) is 10.5. The minimum absolute atomic E-state index is 0.00191. The number of benzene rings is 1. The van der Waals surface area contributed by atoms with Crippen LogP contribution in [0.5, 0.6) is 5.75 Å². The number of piperazine rings is 1. The molecule has 5 rings (SSSR count). The van der Waals surface area contributed by atoms with Crippen molar-refractivity contribution in [2.45, 2.75) is 25.4 Å². The number of rotatable bonds is 2. The molecule has 7 nitrogen and oxygen atoms in total. The summed E-state index contributed by atoms with van der Waals surface area (Å²) in [6.07, 6.45) is 1.59. The largest absolute Gasteiger partial charge is 0.493 e. The van der Waals surface area contributed by atoms with Crippen LogP contribution >= 0.6 is 0 Å². The number of para-hydroxylation sites is 1. The average molecular weight is 393 g/mol. The van der Waals surface area contributed by atoms with Gasteiger partial charge in [0.25, 0.3) is 0 Å². The molecule has 1 aromatic carbocycles. The Bertz CT molecular complexity index is 897. The van der Waals surface area contributed by atoms with Crippen LogP contribution in [-0.2, 0) is 13.0 Å². The summed E-state index contributed by atoms with van der Waals surface area (Å²) in [6.45, 7) is 5.93. The minimum atomic E-state index is -0.0106. The molecule has 2 N–H and O–H groups in total. The van der Waals surface area contributed by atoms with Crippen LogP contribution in [-0.4, -0.2) is 55.2 Å². The van der Waals surface area contributed by atoms with Crippen molar-refractivity contribution in [3.05, 3.63) is 53.2 Å². The highest BCUT2D eigenvalue weighted by molar-refractivity contribution is 5.75. The van der Waals surface area contributed by atoms with Gasteiger partial charge in [0.2, 0.25) is 0 Å². The van der Waals surface area contributed by atoms with E-state index < -0.39 is 0 Å². The average Bonchev–Trinajstić information content (AvgIpc) is 2.79. The molecule has 0 spiro atoms. The Kier molecular flexibility index (Phi) is 4.97. The lowest BCUT2D eigenvalue weighted by Gasteiger charge is -2.33. The Morgan fingerprint density at radius 1 is 1.14 bits per heavy atom. The number of carbonyl (C=O) groups excluding carboxylic acids is 1. The molecule has 3 aliphatic rings. The number of nitrogens with zero attached hydrogens (tertiary/aromatic N) is 3. The molecule has 7 heteroatoms. The number of hydrogen-bond donors (Lipinski definition) is 2. The third-order valence-corrected chi connectivity index (χ3v) is 6.02. The lowest BCUT2D eigenvalue weighted by atomic mass is 10.0. The lowest BCUT2D eigenvalue weighted by Crippen LogP contribution is -2.45. The predicted molar refractivity (Wildman–Crippen MR) is 111 cm³/mol. The molecule has 1 fully saturated rings. The van der Waals surface area contributed by atoms with Crippen molar-refractivity contribution in [1.82, 2.24) is 20.5 Å². The first kappa shape index (κ1) is 18.2. The van der Waals surface area contributed by atoms with Gasteiger partial charge >= 0.3 is 6.03 Å². The van der Waals surface area contributed by atoms with Crippen molar-refractivity contribution >= 4 is 11.8 Å². The van der Waals surface area contributed by atoms with Gasteiger partial charge in [0.1, 0.15) is 11.6 Å². The molecule has 1 saturated heterocycles. The number of aromatic nitrogens is 1. The second-order valence-electron chi connectivity index (χ2n) is 7.86. The van der Waals surface area contributed by atoms with Gasteiger partial charge in [0, 0.05) is 63.4 Å². The summed E-state index contributed by atoms with van der Waals surface area (Å²) < 4.78 is 5.71. The highest BCUT2D eigenvalue weighted by atomic mass is 16.5. The highest BCUT2D eigenvalue weighted by Gasteiger charge is 2.27. The molecule has 29 heavy (non-hydrogen) atoms. The Hall–Kier alpha value is -2.80. The fourth-order valence-corrected chi connectivity index (χ4v) is 4.38. The van der Waals surface area contributed by atoms with E-state index in [1.807, 2.05) is 29.2 Å². The maximum atomic E-state index is 12.9. The fraction of sp³-hybridized carbons (Fsp3) is 0.455. The number of fused-ring (bicyclic) bond motifs is 2. The van der Waals surface area contributed by atoms with E-state index in [1.54, 1.807) is 0 Å². The summed E-state index contributed by atoms with van der Waals surface area (Å²) in [4.78, 5) is 22.1. The SMILES string of the molecule is O=C(NC1CCOc2ccccc21)N1CCc2nc(N3CCNCC3)ccc2C1. The third-order valence-electron chi connectivity index (χ3n) is 6.02. The number of urea groups is 1. The smallest absolute Gasteiger partial charge is 0.318 e. The first-order chi connectivity index (χ1) is 14.3. The molecule has 0 aliphatic carbocycles. The van der Waals surface area contributed by atoms with Crippen LogP contribution < -0.4 is 20.3 Å². The van der Waals surface area contributed by atoms with Crippen molar-refractivity contribution in [2.24, 2.45) is 0 Å². The number of hydrogen-bond acceptors (Lipinski definition) is 5. The van der Waals surface area contributed by atoms with Crippen molar-refractivity contribution < 1.29 is 9.53 Å². The first-order valence-electron chi connectivity index (χ1n) is 10.5. The predicted octanol–water partition coefficient (Wildman–Crippen LogP) is 2.08. The Balaban J connectivity index is 1.26. The Morgan fingerprint density at radius 2 is 2.00 bits per heavy atom. The number of ether oxygens (including phenoxy) is 1. The third kappa shape index (κ3) is 3.74. The van der Waals surface area contributed by atoms with Crippen molar-refractivity contribution in [1.29, 1.82) is 0 Å². The van der Waals surface area contributed by atoms with Crippen LogP contribution in [0.25, 0.3) is 0 Å². The van der Waals surface area contributed by atoms with Gasteiger partial charge in [-0.2, -0.15) is 0 Å². The molecule has 1 unspecified atom stereocenters. The second-order valence-corrected chi connectivity index (χ2v) is 7.86. The van der Waals surface area contributed by atoms with E-state index in [0.29, 0.717) is 19.7 Å². The maximum absolute atomic E-state index is 12.9. The van der Waals surface area contributed by atoms with E-state index in [-0.39, 0.29) is 12.1 Å². The molecule has 0 saturated carbocycles. The van der Waals surface area contributed by atoms with E-state index in [4.69, 9.17) is 9.72 Å². The molecular formula is C22H27N5O2. The van der Waals surface area contributed by atoms with Crippen molar-refractivity contribution in [2.75, 3.05) is 44.2 Å². The summed E-state index contributed by atoms with van der Waals surface area (Å²) in [5, 5.41) is 6.59. The minimum Gasteiger partial charge on any atom is -0.493 e. The number of anilines is 1. The number of carbonyl (C=O) groups is 1. The maximum Gasteiger partial charge on any atom is 0.318 e. The van der Waals surface area contributed by atoms with E-state index >= 15 is 0 Å². The summed E-state index contributed by atoms with van der Waals surface area (Å²) in [6, 6.07) is 12.2. The monoisotopic (exact) mass is 393 g/mol. The van der Waals surface area contributed by atoms with Gasteiger partial charge in [0.05, 0.1) is 12.6 Å². The van der Waals surface area contributed by atoms with Gasteiger partial charge in [-0.1, -0.05) is 24.3 Å². The van der Waals surface area contributed by atoms with Gasteiger partial charge in [-0.05, 0) is 17.7 Å². The molecule has 4 heterocycles. The highest BCUT2D eigenvalue weighted by Crippen LogP contribution is 2.32. The van der Waals surface area contributed by atoms with Crippen LogP contribution in [0, 0.1) is 0 Å². The zero-order valence-corrected chi connectivity index (χ0v) is 16.6.